The highest BCUT2D eigenvalue weighted by molar-refractivity contribution is 5.35. The van der Waals surface area contributed by atoms with Gasteiger partial charge >= 0.3 is 0 Å². The van der Waals surface area contributed by atoms with Crippen LogP contribution in [0, 0.1) is 0 Å². The fourth-order valence-corrected chi connectivity index (χ4v) is 2.74. The maximum Gasteiger partial charge on any atom is 0.105 e. The van der Waals surface area contributed by atoms with Gasteiger partial charge in [0.25, 0.3) is 0 Å². The van der Waals surface area contributed by atoms with Crippen LogP contribution in [0.4, 0.5) is 0 Å². The van der Waals surface area contributed by atoms with Gasteiger partial charge in [0.15, 0.2) is 0 Å². The van der Waals surface area contributed by atoms with E-state index in [1.165, 1.54) is 5.56 Å². The lowest BCUT2D eigenvalue weighted by atomic mass is 9.80. The molecule has 1 aliphatic rings. The Kier molecular flexibility index (Phi) is 4.38. The van der Waals surface area contributed by atoms with Crippen molar-refractivity contribution in [3.8, 4) is 0 Å². The summed E-state index contributed by atoms with van der Waals surface area (Å²) in [4.78, 5) is 0. The van der Waals surface area contributed by atoms with Crippen LogP contribution in [0.25, 0.3) is 0 Å². The van der Waals surface area contributed by atoms with Crippen molar-refractivity contribution in [2.24, 2.45) is 0 Å². The zero-order valence-electron chi connectivity index (χ0n) is 11.3. The molecule has 0 saturated carbocycles. The van der Waals surface area contributed by atoms with E-state index in [4.69, 9.17) is 9.47 Å². The summed E-state index contributed by atoms with van der Waals surface area (Å²) in [7, 11) is 1.66. The van der Waals surface area contributed by atoms with Gasteiger partial charge in [-0.15, -0.1) is 0 Å². The van der Waals surface area contributed by atoms with Crippen LogP contribution in [0.5, 0.6) is 0 Å². The van der Waals surface area contributed by atoms with Crippen LogP contribution in [0.15, 0.2) is 24.3 Å². The van der Waals surface area contributed by atoms with Crippen molar-refractivity contribution in [1.82, 2.24) is 0 Å². The quantitative estimate of drug-likeness (QED) is 0.893. The molecule has 0 amide bonds. The van der Waals surface area contributed by atoms with Crippen molar-refractivity contribution >= 4 is 0 Å². The van der Waals surface area contributed by atoms with Crippen molar-refractivity contribution < 1.29 is 14.6 Å². The lowest BCUT2D eigenvalue weighted by molar-refractivity contribution is -0.100. The zero-order valence-corrected chi connectivity index (χ0v) is 11.3. The van der Waals surface area contributed by atoms with E-state index < -0.39 is 6.10 Å². The van der Waals surface area contributed by atoms with Crippen molar-refractivity contribution in [2.75, 3.05) is 13.7 Å². The molecule has 100 valence electrons. The van der Waals surface area contributed by atoms with Gasteiger partial charge in [-0.05, 0) is 30.4 Å². The first-order valence-corrected chi connectivity index (χ1v) is 6.54. The van der Waals surface area contributed by atoms with E-state index in [1.807, 2.05) is 25.1 Å². The summed E-state index contributed by atoms with van der Waals surface area (Å²) in [6, 6.07) is 8.08. The minimum atomic E-state index is -0.531. The Bertz CT molecular complexity index is 391. The van der Waals surface area contributed by atoms with Crippen LogP contribution in [-0.4, -0.2) is 31.0 Å². The van der Waals surface area contributed by atoms with Gasteiger partial charge in [-0.25, -0.2) is 0 Å². The van der Waals surface area contributed by atoms with Gasteiger partial charge in [-0.3, -0.25) is 0 Å². The number of fused-ring (bicyclic) bond motifs is 1. The third-order valence-electron chi connectivity index (χ3n) is 3.59. The first-order chi connectivity index (χ1) is 8.63. The van der Waals surface area contributed by atoms with Crippen molar-refractivity contribution in [3.63, 3.8) is 0 Å². The topological polar surface area (TPSA) is 38.7 Å². The van der Waals surface area contributed by atoms with Gasteiger partial charge in [0.2, 0.25) is 0 Å². The molecule has 18 heavy (non-hydrogen) atoms. The average Bonchev–Trinajstić information content (AvgIpc) is 2.36. The smallest absolute Gasteiger partial charge is 0.105 e. The summed E-state index contributed by atoms with van der Waals surface area (Å²) in [5.41, 5.74) is 2.25. The third-order valence-corrected chi connectivity index (χ3v) is 3.59. The number of aliphatic hydroxyl groups excluding tert-OH is 1. The standard InChI is InChI=1S/C15H22O3/c1-10-8-14(18-11(2)9-17-3)15(16)13-7-5-4-6-12(10)13/h4-7,10-11,14-16H,8-9H2,1-3H3. The molecule has 1 N–H and O–H groups in total. The van der Waals surface area contributed by atoms with E-state index in [0.29, 0.717) is 12.5 Å². The Morgan fingerprint density at radius 1 is 1.33 bits per heavy atom. The maximum absolute atomic E-state index is 10.4. The highest BCUT2D eigenvalue weighted by Crippen LogP contribution is 2.38. The normalized spacial score (nSPS) is 28.8. The van der Waals surface area contributed by atoms with Crippen LogP contribution in [0.3, 0.4) is 0 Å². The molecule has 0 fully saturated rings. The van der Waals surface area contributed by atoms with E-state index in [2.05, 4.69) is 13.0 Å². The van der Waals surface area contributed by atoms with E-state index in [-0.39, 0.29) is 12.2 Å². The summed E-state index contributed by atoms with van der Waals surface area (Å²) < 4.78 is 11.0. The van der Waals surface area contributed by atoms with Gasteiger partial charge in [0.1, 0.15) is 6.10 Å². The summed E-state index contributed by atoms with van der Waals surface area (Å²) in [5, 5.41) is 10.4. The third kappa shape index (κ3) is 2.74. The lowest BCUT2D eigenvalue weighted by Crippen LogP contribution is -2.33. The van der Waals surface area contributed by atoms with Gasteiger partial charge in [0, 0.05) is 7.11 Å². The number of aliphatic hydroxyl groups is 1. The van der Waals surface area contributed by atoms with Crippen LogP contribution < -0.4 is 0 Å². The second-order valence-electron chi connectivity index (χ2n) is 5.15. The minimum Gasteiger partial charge on any atom is -0.386 e. The molecular formula is C15H22O3. The molecule has 0 spiro atoms. The number of methoxy groups -OCH3 is 1. The molecule has 3 heteroatoms. The number of hydrogen-bond acceptors (Lipinski definition) is 3. The van der Waals surface area contributed by atoms with E-state index in [0.717, 1.165) is 12.0 Å². The Labute approximate surface area is 109 Å². The molecule has 0 aliphatic heterocycles. The number of benzene rings is 1. The Balaban J connectivity index is 2.13. The minimum absolute atomic E-state index is 0.00659. The second-order valence-corrected chi connectivity index (χ2v) is 5.15. The highest BCUT2D eigenvalue weighted by Gasteiger charge is 2.33. The Hall–Kier alpha value is -0.900. The molecule has 1 aromatic rings. The second kappa shape index (κ2) is 5.83. The number of rotatable bonds is 4. The maximum atomic E-state index is 10.4. The van der Waals surface area contributed by atoms with Crippen molar-refractivity contribution in [1.29, 1.82) is 0 Å². The van der Waals surface area contributed by atoms with E-state index in [9.17, 15) is 5.11 Å². The molecular weight excluding hydrogens is 228 g/mol. The van der Waals surface area contributed by atoms with Crippen LogP contribution in [0.1, 0.15) is 43.4 Å². The molecule has 1 aromatic carbocycles. The largest absolute Gasteiger partial charge is 0.386 e. The Morgan fingerprint density at radius 3 is 2.67 bits per heavy atom. The van der Waals surface area contributed by atoms with Crippen LogP contribution in [0.2, 0.25) is 0 Å². The molecule has 0 saturated heterocycles. The van der Waals surface area contributed by atoms with E-state index in [1.54, 1.807) is 7.11 Å². The summed E-state index contributed by atoms with van der Waals surface area (Å²) in [6.07, 6.45) is 0.190. The lowest BCUT2D eigenvalue weighted by Gasteiger charge is -2.35. The first-order valence-electron chi connectivity index (χ1n) is 6.54. The summed E-state index contributed by atoms with van der Waals surface area (Å²) >= 11 is 0. The molecule has 0 aromatic heterocycles. The van der Waals surface area contributed by atoms with Gasteiger partial charge in [-0.2, -0.15) is 0 Å². The molecule has 0 radical (unpaired) electrons. The highest BCUT2D eigenvalue weighted by atomic mass is 16.5. The number of ether oxygens (including phenoxy) is 2. The first kappa shape index (κ1) is 13.5. The van der Waals surface area contributed by atoms with Crippen LogP contribution in [-0.2, 0) is 9.47 Å². The van der Waals surface area contributed by atoms with Crippen molar-refractivity contribution in [3.05, 3.63) is 35.4 Å². The average molecular weight is 250 g/mol. The predicted molar refractivity (Wildman–Crippen MR) is 70.6 cm³/mol. The molecule has 0 bridgehead atoms. The zero-order chi connectivity index (χ0) is 13.1. The molecule has 3 nitrogen and oxygen atoms in total. The van der Waals surface area contributed by atoms with Gasteiger partial charge in [0.05, 0.1) is 18.8 Å². The summed E-state index contributed by atoms with van der Waals surface area (Å²) in [6.45, 7) is 4.71. The van der Waals surface area contributed by atoms with Crippen LogP contribution >= 0.6 is 0 Å². The predicted octanol–water partition coefficient (Wildman–Crippen LogP) is 2.65. The SMILES string of the molecule is COCC(C)OC1CC(C)c2ccccc2C1O. The fourth-order valence-electron chi connectivity index (χ4n) is 2.74. The number of hydrogen-bond donors (Lipinski definition) is 1. The molecule has 1 aliphatic carbocycles. The molecule has 4 unspecified atom stereocenters. The molecule has 4 atom stereocenters. The molecule has 0 heterocycles. The fraction of sp³-hybridized carbons (Fsp3) is 0.600. The molecule has 2 rings (SSSR count). The van der Waals surface area contributed by atoms with Crippen molar-refractivity contribution in [2.45, 2.75) is 44.5 Å². The van der Waals surface area contributed by atoms with Gasteiger partial charge in [-0.1, -0.05) is 31.2 Å². The monoisotopic (exact) mass is 250 g/mol. The Morgan fingerprint density at radius 2 is 2.00 bits per heavy atom. The van der Waals surface area contributed by atoms with Gasteiger partial charge < -0.3 is 14.6 Å². The summed E-state index contributed by atoms with van der Waals surface area (Å²) in [5.74, 6) is 0.421. The van der Waals surface area contributed by atoms with E-state index >= 15 is 0 Å².